The summed E-state index contributed by atoms with van der Waals surface area (Å²) >= 11 is 0. The first-order valence-corrected chi connectivity index (χ1v) is 13.5. The van der Waals surface area contributed by atoms with E-state index in [4.69, 9.17) is 11.2 Å². The van der Waals surface area contributed by atoms with Gasteiger partial charge in [-0.2, -0.15) is 0 Å². The number of hydrogen-bond acceptors (Lipinski definition) is 4. The third kappa shape index (κ3) is 9.79. The summed E-state index contributed by atoms with van der Waals surface area (Å²) in [4.78, 5) is 42.0. The molecule has 2 aromatic carbocycles. The average molecular weight is 534 g/mol. The van der Waals surface area contributed by atoms with E-state index >= 15 is 0 Å². The molecule has 3 atom stereocenters. The first-order valence-electron chi connectivity index (χ1n) is 13.5. The largest absolute Gasteiger partial charge is 0.444 e. The van der Waals surface area contributed by atoms with E-state index in [0.29, 0.717) is 30.0 Å². The van der Waals surface area contributed by atoms with Crippen LogP contribution in [0.3, 0.4) is 0 Å². The Morgan fingerprint density at radius 2 is 1.56 bits per heavy atom. The summed E-state index contributed by atoms with van der Waals surface area (Å²) in [5, 5.41) is 5.65. The van der Waals surface area contributed by atoms with Crippen LogP contribution in [0.4, 0.5) is 4.79 Å². The first kappa shape index (κ1) is 31.4. The molecule has 210 valence electrons. The predicted octanol–water partition coefficient (Wildman–Crippen LogP) is 5.59. The second kappa shape index (κ2) is 14.4. The molecule has 0 aliphatic carbocycles. The van der Waals surface area contributed by atoms with Crippen LogP contribution in [0.5, 0.6) is 0 Å². The molecule has 0 aliphatic heterocycles. The van der Waals surface area contributed by atoms with E-state index in [0.717, 1.165) is 12.0 Å². The Kier molecular flexibility index (Phi) is 11.6. The normalized spacial score (nSPS) is 13.5. The Morgan fingerprint density at radius 3 is 2.15 bits per heavy atom. The summed E-state index contributed by atoms with van der Waals surface area (Å²) in [5.74, 6) is 2.32. The molecule has 0 saturated carbocycles. The van der Waals surface area contributed by atoms with Crippen LogP contribution in [0.2, 0.25) is 0 Å². The third-order valence-electron chi connectivity index (χ3n) is 6.24. The molecule has 7 heteroatoms. The molecule has 2 rings (SSSR count). The highest BCUT2D eigenvalue weighted by Gasteiger charge is 2.38. The Morgan fingerprint density at radius 1 is 0.949 bits per heavy atom. The van der Waals surface area contributed by atoms with Gasteiger partial charge in [0.25, 0.3) is 0 Å². The van der Waals surface area contributed by atoms with Gasteiger partial charge in [0.1, 0.15) is 17.7 Å². The van der Waals surface area contributed by atoms with Crippen LogP contribution in [-0.2, 0) is 20.9 Å². The Hall–Kier alpha value is -3.79. The van der Waals surface area contributed by atoms with Gasteiger partial charge in [-0.15, -0.1) is 6.42 Å². The summed E-state index contributed by atoms with van der Waals surface area (Å²) in [6, 6.07) is 14.4. The molecule has 7 nitrogen and oxygen atoms in total. The smallest absolute Gasteiger partial charge is 0.408 e. The predicted molar refractivity (Wildman–Crippen MR) is 155 cm³/mol. The van der Waals surface area contributed by atoms with Crippen LogP contribution in [0.15, 0.2) is 54.6 Å². The van der Waals surface area contributed by atoms with E-state index in [2.05, 4.69) is 30.4 Å². The fourth-order valence-corrected chi connectivity index (χ4v) is 4.25. The van der Waals surface area contributed by atoms with Gasteiger partial charge < -0.3 is 20.3 Å². The SMILES string of the molecule is C#Cc1ccccc1C(C(=O)NCc1ccccc1)N(C(=O)C(C)NC(=O)OC(C)(C)C)C(C)CCC(C)C. The van der Waals surface area contributed by atoms with E-state index in [-0.39, 0.29) is 11.9 Å². The monoisotopic (exact) mass is 533 g/mol. The quantitative estimate of drug-likeness (QED) is 0.369. The van der Waals surface area contributed by atoms with Gasteiger partial charge in [0.05, 0.1) is 0 Å². The molecule has 2 N–H and O–H groups in total. The minimum absolute atomic E-state index is 0.294. The van der Waals surface area contributed by atoms with Crippen molar-refractivity contribution in [3.05, 3.63) is 71.3 Å². The maximum Gasteiger partial charge on any atom is 0.408 e. The maximum absolute atomic E-state index is 14.0. The number of amides is 3. The zero-order valence-electron chi connectivity index (χ0n) is 24.3. The third-order valence-corrected chi connectivity index (χ3v) is 6.24. The van der Waals surface area contributed by atoms with Crippen LogP contribution in [0.1, 0.15) is 84.0 Å². The van der Waals surface area contributed by atoms with Gasteiger partial charge in [-0.1, -0.05) is 68.3 Å². The lowest BCUT2D eigenvalue weighted by molar-refractivity contribution is -0.145. The fourth-order valence-electron chi connectivity index (χ4n) is 4.25. The van der Waals surface area contributed by atoms with Crippen molar-refractivity contribution in [3.63, 3.8) is 0 Å². The summed E-state index contributed by atoms with van der Waals surface area (Å²) in [7, 11) is 0. The van der Waals surface area contributed by atoms with Crippen LogP contribution < -0.4 is 10.6 Å². The van der Waals surface area contributed by atoms with Crippen LogP contribution in [0.25, 0.3) is 0 Å². The van der Waals surface area contributed by atoms with E-state index in [1.165, 1.54) is 0 Å². The summed E-state index contributed by atoms with van der Waals surface area (Å²) < 4.78 is 5.37. The van der Waals surface area contributed by atoms with Gasteiger partial charge in [-0.05, 0) is 70.6 Å². The minimum atomic E-state index is -1.00. The van der Waals surface area contributed by atoms with Crippen molar-refractivity contribution in [3.8, 4) is 12.3 Å². The molecule has 3 amide bonds. The van der Waals surface area contributed by atoms with Crippen molar-refractivity contribution in [1.29, 1.82) is 0 Å². The number of nitrogens with zero attached hydrogens (tertiary/aromatic N) is 1. The van der Waals surface area contributed by atoms with Crippen LogP contribution in [-0.4, -0.2) is 40.5 Å². The second-order valence-electron chi connectivity index (χ2n) is 11.3. The van der Waals surface area contributed by atoms with Crippen molar-refractivity contribution >= 4 is 17.9 Å². The summed E-state index contributed by atoms with van der Waals surface area (Å²) in [5.41, 5.74) is 1.29. The molecular weight excluding hydrogens is 490 g/mol. The van der Waals surface area contributed by atoms with Gasteiger partial charge in [0.2, 0.25) is 11.8 Å². The van der Waals surface area contributed by atoms with Gasteiger partial charge in [-0.3, -0.25) is 9.59 Å². The molecule has 3 unspecified atom stereocenters. The standard InChI is InChI=1S/C32H43N3O4/c1-9-26-17-13-14-18-27(26)28(29(36)33-21-25-15-11-10-12-16-25)35(23(4)20-19-22(2)3)30(37)24(5)34-31(38)39-32(6,7)8/h1,10-18,22-24,28H,19-21H2,2-8H3,(H,33,36)(H,34,38). The highest BCUT2D eigenvalue weighted by molar-refractivity contribution is 5.92. The molecule has 0 spiro atoms. The van der Waals surface area contributed by atoms with Crippen LogP contribution in [0, 0.1) is 18.3 Å². The van der Waals surface area contributed by atoms with Crippen molar-refractivity contribution in [1.82, 2.24) is 15.5 Å². The van der Waals surface area contributed by atoms with Gasteiger partial charge >= 0.3 is 6.09 Å². The lowest BCUT2D eigenvalue weighted by Gasteiger charge is -2.38. The maximum atomic E-state index is 14.0. The molecule has 0 fully saturated rings. The van der Waals surface area contributed by atoms with Crippen molar-refractivity contribution in [2.75, 3.05) is 0 Å². The number of rotatable bonds is 11. The molecule has 39 heavy (non-hydrogen) atoms. The van der Waals surface area contributed by atoms with Crippen molar-refractivity contribution < 1.29 is 19.1 Å². The topological polar surface area (TPSA) is 87.7 Å². The van der Waals surface area contributed by atoms with Crippen molar-refractivity contribution in [2.45, 2.75) is 91.6 Å². The number of carbonyl (C=O) groups is 3. The summed E-state index contributed by atoms with van der Waals surface area (Å²) in [6.45, 7) is 13.3. The number of terminal acetylenes is 1. The Bertz CT molecular complexity index is 1150. The molecule has 0 aromatic heterocycles. The average Bonchev–Trinajstić information content (AvgIpc) is 2.88. The minimum Gasteiger partial charge on any atom is -0.444 e. The number of carbonyl (C=O) groups excluding carboxylic acids is 3. The van der Waals surface area contributed by atoms with E-state index in [1.54, 1.807) is 56.9 Å². The number of hydrogen-bond donors (Lipinski definition) is 2. The first-order chi connectivity index (χ1) is 18.3. The molecule has 2 aromatic rings. The zero-order chi connectivity index (χ0) is 29.2. The number of ether oxygens (including phenoxy) is 1. The fraction of sp³-hybridized carbons (Fsp3) is 0.469. The number of alkyl carbamates (subject to hydrolysis) is 1. The Balaban J connectivity index is 2.51. The lowest BCUT2D eigenvalue weighted by Crippen LogP contribution is -2.54. The molecular formula is C32H43N3O4. The van der Waals surface area contributed by atoms with Gasteiger partial charge in [0.15, 0.2) is 0 Å². The highest BCUT2D eigenvalue weighted by atomic mass is 16.6. The van der Waals surface area contributed by atoms with E-state index in [9.17, 15) is 14.4 Å². The highest BCUT2D eigenvalue weighted by Crippen LogP contribution is 2.29. The van der Waals surface area contributed by atoms with E-state index in [1.807, 2.05) is 37.3 Å². The van der Waals surface area contributed by atoms with Gasteiger partial charge in [0, 0.05) is 18.2 Å². The second-order valence-corrected chi connectivity index (χ2v) is 11.3. The van der Waals surface area contributed by atoms with Gasteiger partial charge in [-0.25, -0.2) is 4.79 Å². The Labute approximate surface area is 233 Å². The molecule has 0 heterocycles. The molecule has 0 saturated heterocycles. The molecule has 0 aliphatic rings. The van der Waals surface area contributed by atoms with E-state index < -0.39 is 29.7 Å². The lowest BCUT2D eigenvalue weighted by atomic mass is 9.94. The zero-order valence-corrected chi connectivity index (χ0v) is 24.3. The summed E-state index contributed by atoms with van der Waals surface area (Å²) in [6.07, 6.45) is 6.65. The number of nitrogens with one attached hydrogen (secondary N) is 2. The molecule has 0 radical (unpaired) electrons. The van der Waals surface area contributed by atoms with Crippen molar-refractivity contribution in [2.24, 2.45) is 5.92 Å². The number of benzene rings is 2. The molecule has 0 bridgehead atoms. The van der Waals surface area contributed by atoms with Crippen LogP contribution >= 0.6 is 0 Å².